The van der Waals surface area contributed by atoms with E-state index in [0.29, 0.717) is 28.8 Å². The standard InChI is InChI=1S/C16H20N2O2.C16H18NO4S/c1-11(2)13-5-7-14(8-6-13)15(19)10-20-16-9-12(3)17-18(16)4;1-12(2)13-3-5-14(6-4-13)16(18)11-22(20,21)15-7-9-17(19)10-8-15/h5-9,11H,10H2,1-4H3;3-10,12,19H,11H2,1-2H3/q;+1. The Balaban J connectivity index is 0.000000231. The summed E-state index contributed by atoms with van der Waals surface area (Å²) in [7, 11) is -1.93. The molecule has 2 aromatic carbocycles. The second-order valence-corrected chi connectivity index (χ2v) is 12.6. The summed E-state index contributed by atoms with van der Waals surface area (Å²) in [6.07, 6.45) is 2.41. The van der Waals surface area contributed by atoms with Gasteiger partial charge in [0.25, 0.3) is 0 Å². The number of ether oxygens (including phenoxy) is 1. The predicted molar refractivity (Wildman–Crippen MR) is 159 cm³/mol. The van der Waals surface area contributed by atoms with Gasteiger partial charge in [-0.15, -0.1) is 0 Å². The number of carbonyl (C=O) groups is 2. The van der Waals surface area contributed by atoms with Crippen LogP contribution in [-0.2, 0) is 16.9 Å². The predicted octanol–water partition coefficient (Wildman–Crippen LogP) is 5.11. The first-order chi connectivity index (χ1) is 19.8. The van der Waals surface area contributed by atoms with Crippen LogP contribution in [0.15, 0.2) is 84.0 Å². The van der Waals surface area contributed by atoms with Crippen molar-refractivity contribution in [1.82, 2.24) is 9.78 Å². The third kappa shape index (κ3) is 8.84. The summed E-state index contributed by atoms with van der Waals surface area (Å²) in [6.45, 7) is 10.3. The lowest BCUT2D eigenvalue weighted by atomic mass is 10.0. The van der Waals surface area contributed by atoms with Crippen molar-refractivity contribution in [3.63, 3.8) is 0 Å². The van der Waals surface area contributed by atoms with Crippen LogP contribution < -0.4 is 9.47 Å². The van der Waals surface area contributed by atoms with Gasteiger partial charge in [0.1, 0.15) is 5.75 Å². The monoisotopic (exact) mass is 592 g/mol. The number of nitrogens with zero attached hydrogens (tertiary/aromatic N) is 3. The Morgan fingerprint density at radius 2 is 1.33 bits per heavy atom. The first-order valence-electron chi connectivity index (χ1n) is 13.6. The van der Waals surface area contributed by atoms with Gasteiger partial charge >= 0.3 is 0 Å². The number of hydrogen-bond acceptors (Lipinski definition) is 7. The largest absolute Gasteiger partial charge is 0.469 e. The van der Waals surface area contributed by atoms with Crippen LogP contribution in [0, 0.1) is 6.92 Å². The highest BCUT2D eigenvalue weighted by Gasteiger charge is 2.21. The summed E-state index contributed by atoms with van der Waals surface area (Å²) < 4.78 is 32.3. The van der Waals surface area contributed by atoms with E-state index in [2.05, 4.69) is 18.9 Å². The minimum Gasteiger partial charge on any atom is -0.469 e. The van der Waals surface area contributed by atoms with Gasteiger partial charge in [-0.2, -0.15) is 5.10 Å². The number of rotatable bonds is 10. The van der Waals surface area contributed by atoms with E-state index < -0.39 is 21.4 Å². The summed E-state index contributed by atoms with van der Waals surface area (Å²) in [6, 6.07) is 19.0. The van der Waals surface area contributed by atoms with Gasteiger partial charge in [0, 0.05) is 41.1 Å². The van der Waals surface area contributed by atoms with E-state index in [1.54, 1.807) is 23.9 Å². The molecule has 0 bridgehead atoms. The lowest BCUT2D eigenvalue weighted by Gasteiger charge is -2.07. The highest BCUT2D eigenvalue weighted by molar-refractivity contribution is 7.92. The maximum absolute atomic E-state index is 12.2. The molecule has 0 aliphatic heterocycles. The Kier molecular flexibility index (Phi) is 10.8. The van der Waals surface area contributed by atoms with Crippen LogP contribution in [0.25, 0.3) is 0 Å². The van der Waals surface area contributed by atoms with E-state index in [1.165, 1.54) is 30.1 Å². The number of carbonyl (C=O) groups excluding carboxylic acids is 2. The number of ketones is 2. The fraction of sp³-hybridized carbons (Fsp3) is 0.312. The summed E-state index contributed by atoms with van der Waals surface area (Å²) in [4.78, 5) is 24.2. The average Bonchev–Trinajstić information content (AvgIpc) is 3.28. The molecule has 0 unspecified atom stereocenters. The SMILES string of the molecule is CC(C)c1ccc(C(=O)CS(=O)(=O)c2cc[n+](O)cc2)cc1.Cc1cc(OCC(=O)c2ccc(C(C)C)cc2)n(C)n1. The molecule has 2 heterocycles. The molecule has 0 fully saturated rings. The van der Waals surface area contributed by atoms with Crippen LogP contribution in [0.5, 0.6) is 5.88 Å². The van der Waals surface area contributed by atoms with Crippen molar-refractivity contribution in [2.24, 2.45) is 7.05 Å². The van der Waals surface area contributed by atoms with Crippen LogP contribution in [0.1, 0.15) is 77.1 Å². The van der Waals surface area contributed by atoms with E-state index in [-0.39, 0.29) is 17.3 Å². The van der Waals surface area contributed by atoms with Gasteiger partial charge < -0.3 is 4.74 Å². The fourth-order valence-corrected chi connectivity index (χ4v) is 5.22. The number of hydrogen-bond donors (Lipinski definition) is 1. The minimum absolute atomic E-state index is 0.00458. The van der Waals surface area contributed by atoms with E-state index in [1.807, 2.05) is 63.2 Å². The molecule has 42 heavy (non-hydrogen) atoms. The quantitative estimate of drug-likeness (QED) is 0.154. The van der Waals surface area contributed by atoms with Gasteiger partial charge in [-0.05, 0) is 29.9 Å². The summed E-state index contributed by atoms with van der Waals surface area (Å²) in [5, 5.41) is 13.3. The maximum atomic E-state index is 12.2. The topological polar surface area (TPSA) is 119 Å². The lowest BCUT2D eigenvalue weighted by Crippen LogP contribution is -2.28. The van der Waals surface area contributed by atoms with Gasteiger partial charge in [0.05, 0.1) is 10.6 Å². The molecule has 9 nitrogen and oxygen atoms in total. The van der Waals surface area contributed by atoms with Crippen LogP contribution in [0.3, 0.4) is 0 Å². The smallest absolute Gasteiger partial charge is 0.223 e. The molecular formula is C32H38N3O6S+. The van der Waals surface area contributed by atoms with Crippen molar-refractivity contribution in [3.05, 3.63) is 107 Å². The van der Waals surface area contributed by atoms with Gasteiger partial charge in [0.2, 0.25) is 18.3 Å². The minimum atomic E-state index is -3.72. The molecule has 0 radical (unpaired) electrons. The Morgan fingerprint density at radius 1 is 0.857 bits per heavy atom. The third-order valence-electron chi connectivity index (χ3n) is 6.57. The molecule has 10 heteroatoms. The number of sulfone groups is 1. The number of Topliss-reactive ketones (excluding diaryl/α,β-unsaturated/α-hetero) is 2. The number of benzene rings is 2. The van der Waals surface area contributed by atoms with Crippen molar-refractivity contribution in [3.8, 4) is 5.88 Å². The van der Waals surface area contributed by atoms with Crippen molar-refractivity contribution in [2.75, 3.05) is 12.4 Å². The molecule has 4 aromatic rings. The zero-order chi connectivity index (χ0) is 31.0. The Morgan fingerprint density at radius 3 is 1.76 bits per heavy atom. The molecule has 0 aliphatic rings. The van der Waals surface area contributed by atoms with E-state index in [0.717, 1.165) is 16.0 Å². The molecule has 2 aromatic heterocycles. The van der Waals surface area contributed by atoms with Gasteiger partial charge in [0.15, 0.2) is 28.0 Å². The highest BCUT2D eigenvalue weighted by Crippen LogP contribution is 2.18. The summed E-state index contributed by atoms with van der Waals surface area (Å²) in [5.41, 5.74) is 4.24. The first-order valence-corrected chi connectivity index (χ1v) is 15.2. The third-order valence-corrected chi connectivity index (χ3v) is 8.20. The fourth-order valence-electron chi connectivity index (χ4n) is 4.00. The molecule has 0 saturated carbocycles. The molecule has 0 amide bonds. The summed E-state index contributed by atoms with van der Waals surface area (Å²) in [5.74, 6) is 0.351. The molecular weight excluding hydrogens is 554 g/mol. The van der Waals surface area contributed by atoms with Gasteiger partial charge in [-0.1, -0.05) is 76.2 Å². The van der Waals surface area contributed by atoms with E-state index in [4.69, 9.17) is 9.94 Å². The van der Waals surface area contributed by atoms with Crippen molar-refractivity contribution in [2.45, 2.75) is 51.3 Å². The first kappa shape index (κ1) is 32.2. The van der Waals surface area contributed by atoms with Gasteiger partial charge in [-0.25, -0.2) is 13.1 Å². The number of aryl methyl sites for hydroxylation is 2. The zero-order valence-electron chi connectivity index (χ0n) is 24.8. The molecule has 0 spiro atoms. The normalized spacial score (nSPS) is 11.2. The second-order valence-electron chi connectivity index (χ2n) is 10.6. The number of pyridine rings is 1. The van der Waals surface area contributed by atoms with Gasteiger partial charge in [-0.3, -0.25) is 14.8 Å². The Bertz CT molecular complexity index is 1610. The van der Waals surface area contributed by atoms with Crippen LogP contribution >= 0.6 is 0 Å². The van der Waals surface area contributed by atoms with E-state index >= 15 is 0 Å². The highest BCUT2D eigenvalue weighted by atomic mass is 32.2. The van der Waals surface area contributed by atoms with Crippen LogP contribution in [-0.4, -0.2) is 47.3 Å². The van der Waals surface area contributed by atoms with Crippen LogP contribution in [0.4, 0.5) is 0 Å². The average molecular weight is 593 g/mol. The molecule has 0 aliphatic carbocycles. The van der Waals surface area contributed by atoms with Crippen LogP contribution in [0.2, 0.25) is 0 Å². The van der Waals surface area contributed by atoms with Crippen molar-refractivity contribution >= 4 is 21.4 Å². The molecule has 222 valence electrons. The molecule has 1 N–H and O–H groups in total. The summed E-state index contributed by atoms with van der Waals surface area (Å²) >= 11 is 0. The Labute approximate surface area is 247 Å². The van der Waals surface area contributed by atoms with E-state index in [9.17, 15) is 18.0 Å². The number of aromatic nitrogens is 3. The molecule has 0 saturated heterocycles. The Hall–Kier alpha value is -4.31. The maximum Gasteiger partial charge on any atom is 0.223 e. The lowest BCUT2D eigenvalue weighted by molar-refractivity contribution is -0.905. The second kappa shape index (κ2) is 14.0. The molecule has 4 rings (SSSR count). The zero-order valence-corrected chi connectivity index (χ0v) is 25.6. The van der Waals surface area contributed by atoms with Crippen molar-refractivity contribution in [1.29, 1.82) is 0 Å². The molecule has 0 atom stereocenters. The van der Waals surface area contributed by atoms with Crippen molar-refractivity contribution < 1.29 is 32.7 Å².